The average Bonchev–Trinajstić information content (AvgIpc) is 2.70. The Kier molecular flexibility index (Phi) is 4.23. The van der Waals surface area contributed by atoms with Gasteiger partial charge in [0, 0.05) is 13.1 Å². The van der Waals surface area contributed by atoms with Gasteiger partial charge in [0.1, 0.15) is 0 Å². The molecule has 1 saturated carbocycles. The summed E-state index contributed by atoms with van der Waals surface area (Å²) in [6.45, 7) is 0. The first-order chi connectivity index (χ1) is 6.74. The maximum atomic E-state index is 10.2. The van der Waals surface area contributed by atoms with Crippen molar-refractivity contribution in [3.8, 4) is 0 Å². The summed E-state index contributed by atoms with van der Waals surface area (Å²) < 4.78 is 0. The summed E-state index contributed by atoms with van der Waals surface area (Å²) in [6.07, 6.45) is 11.3. The fourth-order valence-corrected chi connectivity index (χ4v) is 1.76. The number of aldehydes is 1. The van der Waals surface area contributed by atoms with Crippen LogP contribution in [-0.4, -0.2) is 24.3 Å². The third kappa shape index (κ3) is 3.24. The van der Waals surface area contributed by atoms with Crippen LogP contribution in [-0.2, 0) is 4.79 Å². The van der Waals surface area contributed by atoms with Gasteiger partial charge in [0.2, 0.25) is 0 Å². The summed E-state index contributed by atoms with van der Waals surface area (Å²) in [6, 6.07) is 0.664. The number of nitrogens with zero attached hydrogens (tertiary/aromatic N) is 1. The van der Waals surface area contributed by atoms with Crippen LogP contribution in [0.1, 0.15) is 25.7 Å². The molecule has 0 heterocycles. The van der Waals surface area contributed by atoms with E-state index in [0.29, 0.717) is 12.3 Å². The summed E-state index contributed by atoms with van der Waals surface area (Å²) in [4.78, 5) is 12.4. The minimum Gasteiger partial charge on any atom is -0.396 e. The number of carbonyl (C=O) groups excluding carboxylic acids is 1. The molecule has 1 aliphatic rings. The summed E-state index contributed by atoms with van der Waals surface area (Å²) in [5.74, 6) is 0. The summed E-state index contributed by atoms with van der Waals surface area (Å²) in [5, 5.41) is 0. The molecule has 3 nitrogen and oxygen atoms in total. The molecule has 0 radical (unpaired) electrons. The van der Waals surface area contributed by atoms with Crippen LogP contribution in [0.25, 0.3) is 0 Å². The zero-order valence-corrected chi connectivity index (χ0v) is 8.65. The van der Waals surface area contributed by atoms with Gasteiger partial charge in [-0.15, -0.1) is 0 Å². The van der Waals surface area contributed by atoms with E-state index in [2.05, 4.69) is 11.9 Å². The molecule has 0 saturated heterocycles. The van der Waals surface area contributed by atoms with Gasteiger partial charge in [-0.05, 0) is 31.2 Å². The molecular weight excluding hydrogens is 176 g/mol. The number of carbonyl (C=O) groups is 1. The van der Waals surface area contributed by atoms with Crippen molar-refractivity contribution in [1.29, 1.82) is 0 Å². The Balaban J connectivity index is 2.38. The molecule has 78 valence electrons. The van der Waals surface area contributed by atoms with E-state index in [1.165, 1.54) is 25.7 Å². The van der Waals surface area contributed by atoms with Crippen molar-refractivity contribution < 1.29 is 4.79 Å². The molecule has 0 aromatic carbocycles. The van der Waals surface area contributed by atoms with Gasteiger partial charge in [-0.1, -0.05) is 12.8 Å². The molecule has 0 spiro atoms. The van der Waals surface area contributed by atoms with Crippen molar-refractivity contribution in [2.24, 2.45) is 5.73 Å². The predicted octanol–water partition coefficient (Wildman–Crippen LogP) is 1.42. The van der Waals surface area contributed by atoms with Crippen molar-refractivity contribution in [2.45, 2.75) is 31.7 Å². The van der Waals surface area contributed by atoms with Crippen molar-refractivity contribution in [3.63, 3.8) is 0 Å². The zero-order chi connectivity index (χ0) is 10.4. The lowest BCUT2D eigenvalue weighted by Crippen LogP contribution is -2.23. The van der Waals surface area contributed by atoms with Crippen LogP contribution in [0.4, 0.5) is 0 Å². The number of rotatable bonds is 4. The highest BCUT2D eigenvalue weighted by Crippen LogP contribution is 2.22. The highest BCUT2D eigenvalue weighted by atomic mass is 16.1. The largest absolute Gasteiger partial charge is 0.396 e. The maximum absolute atomic E-state index is 10.2. The Labute approximate surface area is 85.3 Å². The predicted molar refractivity (Wildman–Crippen MR) is 57.5 cm³/mol. The van der Waals surface area contributed by atoms with Gasteiger partial charge in [0.25, 0.3) is 0 Å². The first-order valence-electron chi connectivity index (χ1n) is 5.05. The molecule has 3 heteroatoms. The Morgan fingerprint density at radius 3 is 2.64 bits per heavy atom. The van der Waals surface area contributed by atoms with Gasteiger partial charge >= 0.3 is 0 Å². The highest BCUT2D eigenvalue weighted by molar-refractivity contribution is 5.72. The normalized spacial score (nSPS) is 19.1. The van der Waals surface area contributed by atoms with Crippen molar-refractivity contribution in [3.05, 3.63) is 24.0 Å². The lowest BCUT2D eigenvalue weighted by molar-refractivity contribution is -0.104. The van der Waals surface area contributed by atoms with E-state index in [1.807, 2.05) is 12.3 Å². The topological polar surface area (TPSA) is 46.3 Å². The fraction of sp³-hybridized carbons (Fsp3) is 0.545. The van der Waals surface area contributed by atoms with Gasteiger partial charge in [-0.2, -0.15) is 0 Å². The molecule has 14 heavy (non-hydrogen) atoms. The second kappa shape index (κ2) is 5.47. The molecule has 0 aromatic rings. The summed E-state index contributed by atoms with van der Waals surface area (Å²) >= 11 is 0. The molecule has 0 unspecified atom stereocenters. The van der Waals surface area contributed by atoms with Gasteiger partial charge in [-0.3, -0.25) is 4.79 Å². The third-order valence-corrected chi connectivity index (χ3v) is 2.65. The first-order valence-corrected chi connectivity index (χ1v) is 5.05. The second-order valence-corrected chi connectivity index (χ2v) is 3.73. The van der Waals surface area contributed by atoms with Crippen LogP contribution in [0.2, 0.25) is 0 Å². The van der Waals surface area contributed by atoms with Gasteiger partial charge < -0.3 is 10.6 Å². The molecule has 1 aliphatic carbocycles. The van der Waals surface area contributed by atoms with E-state index >= 15 is 0 Å². The molecule has 0 aromatic heterocycles. The Morgan fingerprint density at radius 2 is 2.07 bits per heavy atom. The molecule has 2 N–H and O–H groups in total. The number of allylic oxidation sites excluding steroid dienone is 3. The molecule has 0 atom stereocenters. The van der Waals surface area contributed by atoms with Crippen LogP contribution in [0.5, 0.6) is 0 Å². The SMILES string of the molecule is CN(/C=C\C=C(\N)C=O)C1CCCC1. The minimum absolute atomic E-state index is 0.265. The van der Waals surface area contributed by atoms with Crippen LogP contribution < -0.4 is 5.73 Å². The monoisotopic (exact) mass is 194 g/mol. The van der Waals surface area contributed by atoms with E-state index in [4.69, 9.17) is 5.73 Å². The lowest BCUT2D eigenvalue weighted by Gasteiger charge is -2.21. The van der Waals surface area contributed by atoms with Gasteiger partial charge in [-0.25, -0.2) is 0 Å². The molecule has 1 rings (SSSR count). The number of hydrogen-bond acceptors (Lipinski definition) is 3. The van der Waals surface area contributed by atoms with Crippen LogP contribution in [0.15, 0.2) is 24.0 Å². The number of hydrogen-bond donors (Lipinski definition) is 1. The maximum Gasteiger partial charge on any atom is 0.165 e. The van der Waals surface area contributed by atoms with Gasteiger partial charge in [0.05, 0.1) is 5.70 Å². The van der Waals surface area contributed by atoms with Crippen LogP contribution in [0.3, 0.4) is 0 Å². The Bertz CT molecular complexity index is 240. The van der Waals surface area contributed by atoms with E-state index in [9.17, 15) is 4.79 Å². The smallest absolute Gasteiger partial charge is 0.165 e. The Hall–Kier alpha value is -1.25. The Morgan fingerprint density at radius 1 is 1.43 bits per heavy atom. The molecule has 0 bridgehead atoms. The summed E-state index contributed by atoms with van der Waals surface area (Å²) in [7, 11) is 2.07. The standard InChI is InChI=1S/C11H18N2O/c1-13(11-6-2-3-7-11)8-4-5-10(12)9-14/h4-5,8-9,11H,2-3,6-7,12H2,1H3/b8-4-,10-5+. The second-order valence-electron chi connectivity index (χ2n) is 3.73. The zero-order valence-electron chi connectivity index (χ0n) is 8.65. The minimum atomic E-state index is 0.265. The highest BCUT2D eigenvalue weighted by Gasteiger charge is 2.16. The fourth-order valence-electron chi connectivity index (χ4n) is 1.76. The number of nitrogens with two attached hydrogens (primary N) is 1. The van der Waals surface area contributed by atoms with Gasteiger partial charge in [0.15, 0.2) is 6.29 Å². The van der Waals surface area contributed by atoms with E-state index in [1.54, 1.807) is 6.08 Å². The average molecular weight is 194 g/mol. The third-order valence-electron chi connectivity index (χ3n) is 2.65. The van der Waals surface area contributed by atoms with Crippen molar-refractivity contribution in [1.82, 2.24) is 4.90 Å². The quantitative estimate of drug-likeness (QED) is 0.418. The lowest BCUT2D eigenvalue weighted by atomic mass is 10.2. The van der Waals surface area contributed by atoms with E-state index in [0.717, 1.165) is 0 Å². The molecule has 1 fully saturated rings. The molecule has 0 amide bonds. The van der Waals surface area contributed by atoms with E-state index in [-0.39, 0.29) is 5.70 Å². The summed E-state index contributed by atoms with van der Waals surface area (Å²) in [5.41, 5.74) is 5.60. The van der Waals surface area contributed by atoms with Crippen molar-refractivity contribution >= 4 is 6.29 Å². The van der Waals surface area contributed by atoms with E-state index < -0.39 is 0 Å². The first kappa shape index (κ1) is 10.8. The molecule has 0 aliphatic heterocycles. The van der Waals surface area contributed by atoms with Crippen LogP contribution in [0, 0.1) is 0 Å². The van der Waals surface area contributed by atoms with Crippen LogP contribution >= 0.6 is 0 Å². The molecular formula is C11H18N2O. The van der Waals surface area contributed by atoms with Crippen molar-refractivity contribution in [2.75, 3.05) is 7.05 Å².